The molecule has 0 aliphatic carbocycles. The van der Waals surface area contributed by atoms with Crippen molar-refractivity contribution in [1.82, 2.24) is 4.72 Å². The third kappa shape index (κ3) is 4.22. The molecule has 0 amide bonds. The van der Waals surface area contributed by atoms with Crippen molar-refractivity contribution in [3.05, 3.63) is 52.5 Å². The number of benzene rings is 2. The summed E-state index contributed by atoms with van der Waals surface area (Å²) in [6, 6.07) is 7.93. The van der Waals surface area contributed by atoms with Crippen molar-refractivity contribution < 1.29 is 23.4 Å². The van der Waals surface area contributed by atoms with E-state index in [4.69, 9.17) is 11.6 Å². The fourth-order valence-electron chi connectivity index (χ4n) is 1.67. The number of phenols is 2. The van der Waals surface area contributed by atoms with E-state index >= 15 is 0 Å². The summed E-state index contributed by atoms with van der Waals surface area (Å²) in [6.07, 6.45) is -4.50. The largest absolute Gasteiger partial charge is 0.504 e. The summed E-state index contributed by atoms with van der Waals surface area (Å²) in [6.45, 7) is 0.173. The molecule has 0 spiro atoms. The second-order valence-corrected chi connectivity index (χ2v) is 5.76. The van der Waals surface area contributed by atoms with Gasteiger partial charge in [-0.2, -0.15) is 13.2 Å². The summed E-state index contributed by atoms with van der Waals surface area (Å²) in [4.78, 5) is 0.611. The molecule has 8 heteroatoms. The summed E-state index contributed by atoms with van der Waals surface area (Å²) in [5.41, 5.74) is -0.451. The van der Waals surface area contributed by atoms with Crippen LogP contribution in [0.15, 0.2) is 41.3 Å². The first-order valence-corrected chi connectivity index (χ1v) is 7.24. The van der Waals surface area contributed by atoms with Crippen LogP contribution in [0.5, 0.6) is 11.5 Å². The summed E-state index contributed by atoms with van der Waals surface area (Å²) >= 11 is 6.67. The van der Waals surface area contributed by atoms with E-state index in [0.29, 0.717) is 10.5 Å². The molecule has 0 aromatic heterocycles. The maximum absolute atomic E-state index is 12.7. The molecule has 2 rings (SSSR count). The van der Waals surface area contributed by atoms with Crippen LogP contribution in [0.3, 0.4) is 0 Å². The average Bonchev–Trinajstić information content (AvgIpc) is 2.43. The molecule has 0 radical (unpaired) electrons. The third-order valence-corrected chi connectivity index (χ3v) is 3.86. The number of alkyl halides is 3. The van der Waals surface area contributed by atoms with Gasteiger partial charge in [0.1, 0.15) is 0 Å². The SMILES string of the molecule is Oc1ccc(SNCc2ccc(Cl)c(C(F)(F)F)c2)cc1O. The Bertz CT molecular complexity index is 680. The van der Waals surface area contributed by atoms with Crippen molar-refractivity contribution in [3.8, 4) is 11.5 Å². The lowest BCUT2D eigenvalue weighted by molar-refractivity contribution is -0.137. The smallest absolute Gasteiger partial charge is 0.417 e. The number of halogens is 4. The Morgan fingerprint density at radius 3 is 2.41 bits per heavy atom. The first-order chi connectivity index (χ1) is 10.3. The van der Waals surface area contributed by atoms with E-state index in [0.717, 1.165) is 18.0 Å². The molecule has 0 fully saturated rings. The molecule has 2 aromatic carbocycles. The van der Waals surface area contributed by atoms with Crippen LogP contribution in [0.1, 0.15) is 11.1 Å². The van der Waals surface area contributed by atoms with Crippen molar-refractivity contribution in [2.24, 2.45) is 0 Å². The zero-order valence-corrected chi connectivity index (χ0v) is 12.6. The van der Waals surface area contributed by atoms with E-state index in [-0.39, 0.29) is 23.1 Å². The van der Waals surface area contributed by atoms with E-state index in [1.807, 2.05) is 0 Å². The second kappa shape index (κ2) is 6.68. The minimum Gasteiger partial charge on any atom is -0.504 e. The monoisotopic (exact) mass is 349 g/mol. The van der Waals surface area contributed by atoms with Crippen LogP contribution >= 0.6 is 23.5 Å². The van der Waals surface area contributed by atoms with E-state index in [9.17, 15) is 23.4 Å². The van der Waals surface area contributed by atoms with Gasteiger partial charge in [0.05, 0.1) is 10.6 Å². The van der Waals surface area contributed by atoms with Crippen LogP contribution in [-0.4, -0.2) is 10.2 Å². The molecule has 118 valence electrons. The molecule has 22 heavy (non-hydrogen) atoms. The molecule has 0 aliphatic rings. The highest BCUT2D eigenvalue weighted by Gasteiger charge is 2.33. The molecule has 0 saturated heterocycles. The first kappa shape index (κ1) is 16.8. The first-order valence-electron chi connectivity index (χ1n) is 6.04. The highest BCUT2D eigenvalue weighted by atomic mass is 35.5. The number of hydrogen-bond donors (Lipinski definition) is 3. The van der Waals surface area contributed by atoms with Crippen molar-refractivity contribution >= 4 is 23.5 Å². The molecule has 3 nitrogen and oxygen atoms in total. The highest BCUT2D eigenvalue weighted by Crippen LogP contribution is 2.35. The number of hydrogen-bond acceptors (Lipinski definition) is 4. The molecule has 0 aliphatic heterocycles. The number of aromatic hydroxyl groups is 2. The average molecular weight is 350 g/mol. The Balaban J connectivity index is 2.01. The van der Waals surface area contributed by atoms with E-state index in [1.165, 1.54) is 24.3 Å². The summed E-state index contributed by atoms with van der Waals surface area (Å²) in [7, 11) is 0. The molecular weight excluding hydrogens is 339 g/mol. The zero-order chi connectivity index (χ0) is 16.3. The van der Waals surface area contributed by atoms with Crippen LogP contribution in [-0.2, 0) is 12.7 Å². The minimum absolute atomic E-state index is 0.173. The van der Waals surface area contributed by atoms with Crippen molar-refractivity contribution in [2.75, 3.05) is 0 Å². The molecule has 0 heterocycles. The number of nitrogens with one attached hydrogen (secondary N) is 1. The number of rotatable bonds is 4. The van der Waals surface area contributed by atoms with E-state index < -0.39 is 11.7 Å². The Morgan fingerprint density at radius 2 is 1.77 bits per heavy atom. The quantitative estimate of drug-likeness (QED) is 0.559. The van der Waals surface area contributed by atoms with E-state index in [2.05, 4.69) is 4.72 Å². The zero-order valence-electron chi connectivity index (χ0n) is 11.0. The fraction of sp³-hybridized carbons (Fsp3) is 0.143. The van der Waals surface area contributed by atoms with Gasteiger partial charge in [0.2, 0.25) is 0 Å². The lowest BCUT2D eigenvalue weighted by Crippen LogP contribution is -2.09. The second-order valence-electron chi connectivity index (χ2n) is 4.39. The number of phenolic OH excluding ortho intramolecular Hbond substituents is 2. The van der Waals surface area contributed by atoms with Gasteiger partial charge in [-0.3, -0.25) is 4.72 Å². The van der Waals surface area contributed by atoms with Crippen molar-refractivity contribution in [2.45, 2.75) is 17.6 Å². The van der Waals surface area contributed by atoms with Gasteiger partial charge in [0.15, 0.2) is 11.5 Å². The van der Waals surface area contributed by atoms with Crippen molar-refractivity contribution in [3.63, 3.8) is 0 Å². The van der Waals surface area contributed by atoms with Gasteiger partial charge in [0, 0.05) is 11.4 Å². The highest BCUT2D eigenvalue weighted by molar-refractivity contribution is 7.97. The van der Waals surface area contributed by atoms with Crippen molar-refractivity contribution in [1.29, 1.82) is 0 Å². The Hall–Kier alpha value is -1.57. The van der Waals surface area contributed by atoms with Gasteiger partial charge in [-0.15, -0.1) is 0 Å². The van der Waals surface area contributed by atoms with Gasteiger partial charge in [-0.05, 0) is 47.8 Å². The van der Waals surface area contributed by atoms with E-state index in [1.54, 1.807) is 6.07 Å². The molecule has 0 saturated carbocycles. The lowest BCUT2D eigenvalue weighted by Gasteiger charge is -2.11. The normalized spacial score (nSPS) is 11.6. The maximum atomic E-state index is 12.7. The third-order valence-electron chi connectivity index (χ3n) is 2.75. The van der Waals surface area contributed by atoms with Gasteiger partial charge in [0.25, 0.3) is 0 Å². The Labute approximate surface area is 133 Å². The van der Waals surface area contributed by atoms with Crippen LogP contribution < -0.4 is 4.72 Å². The van der Waals surface area contributed by atoms with Crippen LogP contribution in [0.4, 0.5) is 13.2 Å². The van der Waals surface area contributed by atoms with Gasteiger partial charge in [-0.1, -0.05) is 17.7 Å². The fourth-order valence-corrected chi connectivity index (χ4v) is 2.61. The molecule has 2 aromatic rings. The maximum Gasteiger partial charge on any atom is 0.417 e. The minimum atomic E-state index is -4.50. The van der Waals surface area contributed by atoms with Gasteiger partial charge >= 0.3 is 6.18 Å². The molecule has 3 N–H and O–H groups in total. The van der Waals surface area contributed by atoms with Gasteiger partial charge < -0.3 is 10.2 Å². The Morgan fingerprint density at radius 1 is 1.05 bits per heavy atom. The van der Waals surface area contributed by atoms with Gasteiger partial charge in [-0.25, -0.2) is 0 Å². The molecule has 0 atom stereocenters. The predicted octanol–water partition coefficient (Wildman–Crippen LogP) is 4.57. The van der Waals surface area contributed by atoms with Crippen LogP contribution in [0.25, 0.3) is 0 Å². The summed E-state index contributed by atoms with van der Waals surface area (Å²) < 4.78 is 41.1. The van der Waals surface area contributed by atoms with Crippen LogP contribution in [0, 0.1) is 0 Å². The van der Waals surface area contributed by atoms with Crippen LogP contribution in [0.2, 0.25) is 5.02 Å². The molecular formula is C14H11ClF3NO2S. The molecule has 0 unspecified atom stereocenters. The lowest BCUT2D eigenvalue weighted by atomic mass is 10.1. The topological polar surface area (TPSA) is 52.5 Å². The Kier molecular flexibility index (Phi) is 5.10. The predicted molar refractivity (Wildman–Crippen MR) is 78.9 cm³/mol. The molecule has 0 bridgehead atoms. The summed E-state index contributed by atoms with van der Waals surface area (Å²) in [5.74, 6) is -0.505. The summed E-state index contributed by atoms with van der Waals surface area (Å²) in [5, 5.41) is 18.2. The standard InChI is InChI=1S/C14H11ClF3NO2S/c15-11-3-1-8(5-10(11)14(16,17)18)7-19-22-9-2-4-12(20)13(21)6-9/h1-6,19-21H,7H2.